The predicted octanol–water partition coefficient (Wildman–Crippen LogP) is 1.18. The molecule has 1 aromatic rings. The maximum atomic E-state index is 12.8. The molecule has 0 aromatic heterocycles. The second-order valence-corrected chi connectivity index (χ2v) is 8.16. The number of likely N-dealkylation sites (tertiary alicyclic amines) is 1. The highest BCUT2D eigenvalue weighted by molar-refractivity contribution is 7.92. The number of nitrogens with one attached hydrogen (secondary N) is 1. The van der Waals surface area contributed by atoms with Crippen LogP contribution in [0.5, 0.6) is 0 Å². The summed E-state index contributed by atoms with van der Waals surface area (Å²) in [4.78, 5) is 14.5. The molecule has 1 atom stereocenters. The Morgan fingerprint density at radius 3 is 2.68 bits per heavy atom. The summed E-state index contributed by atoms with van der Waals surface area (Å²) >= 11 is 0. The van der Waals surface area contributed by atoms with Crippen molar-refractivity contribution in [2.24, 2.45) is 11.1 Å². The first-order chi connectivity index (χ1) is 10.1. The van der Waals surface area contributed by atoms with Gasteiger partial charge >= 0.3 is 0 Å². The number of carbonyl (C=O) groups is 1. The standard InChI is InChI=1S/C15H23N3O3S/c1-11-4-5-13(17-22(3,20)21)12(8-11)14(19)18-7-6-15(2,9-16)10-18/h4-5,8,17H,6-7,9-10,16H2,1-3H3. The quantitative estimate of drug-likeness (QED) is 0.869. The van der Waals surface area contributed by atoms with Crippen molar-refractivity contribution in [3.63, 3.8) is 0 Å². The van der Waals surface area contributed by atoms with Crippen molar-refractivity contribution >= 4 is 21.6 Å². The number of rotatable bonds is 4. The lowest BCUT2D eigenvalue weighted by Gasteiger charge is -2.23. The Kier molecular flexibility index (Phi) is 4.49. The fraction of sp³-hybridized carbons (Fsp3) is 0.533. The van der Waals surface area contributed by atoms with Crippen molar-refractivity contribution in [2.45, 2.75) is 20.3 Å². The summed E-state index contributed by atoms with van der Waals surface area (Å²) in [6, 6.07) is 5.12. The number of hydrogen-bond donors (Lipinski definition) is 2. The molecule has 1 unspecified atom stereocenters. The van der Waals surface area contributed by atoms with E-state index < -0.39 is 10.0 Å². The van der Waals surface area contributed by atoms with Crippen molar-refractivity contribution in [3.8, 4) is 0 Å². The lowest BCUT2D eigenvalue weighted by molar-refractivity contribution is 0.0778. The molecule has 0 aliphatic carbocycles. The summed E-state index contributed by atoms with van der Waals surface area (Å²) in [5, 5.41) is 0. The van der Waals surface area contributed by atoms with E-state index in [4.69, 9.17) is 5.73 Å². The molecule has 0 saturated carbocycles. The van der Waals surface area contributed by atoms with Gasteiger partial charge in [0, 0.05) is 13.1 Å². The molecular formula is C15H23N3O3S. The van der Waals surface area contributed by atoms with Gasteiger partial charge in [0.1, 0.15) is 0 Å². The number of aryl methyl sites for hydroxylation is 1. The van der Waals surface area contributed by atoms with E-state index in [9.17, 15) is 13.2 Å². The van der Waals surface area contributed by atoms with Gasteiger partial charge in [-0.25, -0.2) is 8.42 Å². The van der Waals surface area contributed by atoms with Crippen molar-refractivity contribution in [2.75, 3.05) is 30.6 Å². The monoisotopic (exact) mass is 325 g/mol. The molecule has 0 bridgehead atoms. The first kappa shape index (κ1) is 16.8. The van der Waals surface area contributed by atoms with Crippen LogP contribution in [0.25, 0.3) is 0 Å². The van der Waals surface area contributed by atoms with Gasteiger partial charge in [-0.1, -0.05) is 18.6 Å². The first-order valence-electron chi connectivity index (χ1n) is 7.21. The van der Waals surface area contributed by atoms with Gasteiger partial charge in [-0.2, -0.15) is 0 Å². The van der Waals surface area contributed by atoms with E-state index >= 15 is 0 Å². The molecule has 1 aromatic carbocycles. The van der Waals surface area contributed by atoms with Crippen molar-refractivity contribution in [1.29, 1.82) is 0 Å². The Morgan fingerprint density at radius 2 is 2.14 bits per heavy atom. The SMILES string of the molecule is Cc1ccc(NS(C)(=O)=O)c(C(=O)N2CCC(C)(CN)C2)c1. The van der Waals surface area contributed by atoms with Gasteiger partial charge < -0.3 is 10.6 Å². The minimum atomic E-state index is -3.44. The average molecular weight is 325 g/mol. The third-order valence-corrected chi connectivity index (χ3v) is 4.63. The highest BCUT2D eigenvalue weighted by atomic mass is 32.2. The molecule has 1 saturated heterocycles. The zero-order chi connectivity index (χ0) is 16.5. The molecule has 1 fully saturated rings. The topological polar surface area (TPSA) is 92.5 Å². The van der Waals surface area contributed by atoms with E-state index in [-0.39, 0.29) is 11.3 Å². The van der Waals surface area contributed by atoms with Gasteiger partial charge in [0.05, 0.1) is 17.5 Å². The Labute approximate surface area is 131 Å². The minimum absolute atomic E-state index is 0.0656. The molecule has 0 spiro atoms. The van der Waals surface area contributed by atoms with Gasteiger partial charge in [0.15, 0.2) is 0 Å². The molecule has 22 heavy (non-hydrogen) atoms. The van der Waals surface area contributed by atoms with Crippen molar-refractivity contribution < 1.29 is 13.2 Å². The van der Waals surface area contributed by atoms with Crippen LogP contribution in [0.15, 0.2) is 18.2 Å². The van der Waals surface area contributed by atoms with Gasteiger partial charge in [0.25, 0.3) is 5.91 Å². The van der Waals surface area contributed by atoms with E-state index in [1.807, 2.05) is 6.92 Å². The molecule has 6 nitrogen and oxygen atoms in total. The zero-order valence-electron chi connectivity index (χ0n) is 13.2. The molecule has 1 amide bonds. The van der Waals surface area contributed by atoms with Gasteiger partial charge in [-0.05, 0) is 37.4 Å². The summed E-state index contributed by atoms with van der Waals surface area (Å²) in [5.41, 5.74) is 7.32. The highest BCUT2D eigenvalue weighted by Crippen LogP contribution is 2.31. The number of benzene rings is 1. The molecule has 0 radical (unpaired) electrons. The fourth-order valence-corrected chi connectivity index (χ4v) is 3.24. The summed E-state index contributed by atoms with van der Waals surface area (Å²) in [6.45, 7) is 5.69. The number of nitrogens with two attached hydrogens (primary N) is 1. The summed E-state index contributed by atoms with van der Waals surface area (Å²) in [7, 11) is -3.44. The van der Waals surface area contributed by atoms with Crippen LogP contribution in [0.4, 0.5) is 5.69 Å². The Bertz CT molecular complexity index is 687. The second-order valence-electron chi connectivity index (χ2n) is 6.41. The van der Waals surface area contributed by atoms with Crippen LogP contribution in [0, 0.1) is 12.3 Å². The number of amides is 1. The zero-order valence-corrected chi connectivity index (χ0v) is 14.0. The molecule has 1 heterocycles. The number of nitrogens with zero attached hydrogens (tertiary/aromatic N) is 1. The van der Waals surface area contributed by atoms with Gasteiger partial charge in [-0.15, -0.1) is 0 Å². The Morgan fingerprint density at radius 1 is 1.45 bits per heavy atom. The lowest BCUT2D eigenvalue weighted by atomic mass is 9.90. The number of hydrogen-bond acceptors (Lipinski definition) is 4. The number of carbonyl (C=O) groups excluding carboxylic acids is 1. The van der Waals surface area contributed by atoms with E-state index in [0.717, 1.165) is 18.2 Å². The van der Waals surface area contributed by atoms with Crippen LogP contribution >= 0.6 is 0 Å². The second kappa shape index (κ2) is 5.89. The molecule has 7 heteroatoms. The fourth-order valence-electron chi connectivity index (χ4n) is 2.66. The number of sulfonamides is 1. The molecule has 2 rings (SSSR count). The van der Waals surface area contributed by atoms with Crippen LogP contribution in [0.2, 0.25) is 0 Å². The van der Waals surface area contributed by atoms with Crippen LogP contribution in [0.1, 0.15) is 29.3 Å². The molecular weight excluding hydrogens is 302 g/mol. The molecule has 122 valence electrons. The number of anilines is 1. The summed E-state index contributed by atoms with van der Waals surface area (Å²) in [5.74, 6) is -0.160. The first-order valence-corrected chi connectivity index (χ1v) is 9.10. The maximum absolute atomic E-state index is 12.8. The molecule has 1 aliphatic heterocycles. The van der Waals surface area contributed by atoms with Crippen molar-refractivity contribution in [3.05, 3.63) is 29.3 Å². The van der Waals surface area contributed by atoms with E-state index in [2.05, 4.69) is 11.6 Å². The predicted molar refractivity (Wildman–Crippen MR) is 87.3 cm³/mol. The van der Waals surface area contributed by atoms with E-state index in [0.29, 0.717) is 30.9 Å². The summed E-state index contributed by atoms with van der Waals surface area (Å²) < 4.78 is 25.4. The third kappa shape index (κ3) is 3.78. The van der Waals surface area contributed by atoms with E-state index in [1.54, 1.807) is 23.1 Å². The van der Waals surface area contributed by atoms with Crippen LogP contribution in [0.3, 0.4) is 0 Å². The average Bonchev–Trinajstić information content (AvgIpc) is 2.82. The van der Waals surface area contributed by atoms with Gasteiger partial charge in [-0.3, -0.25) is 9.52 Å². The van der Waals surface area contributed by atoms with Crippen LogP contribution in [-0.2, 0) is 10.0 Å². The van der Waals surface area contributed by atoms with Crippen LogP contribution in [-0.4, -0.2) is 45.1 Å². The molecule has 3 N–H and O–H groups in total. The Balaban J connectivity index is 2.31. The Hall–Kier alpha value is -1.60. The maximum Gasteiger partial charge on any atom is 0.256 e. The summed E-state index contributed by atoms with van der Waals surface area (Å²) in [6.07, 6.45) is 1.93. The van der Waals surface area contributed by atoms with Crippen LogP contribution < -0.4 is 10.5 Å². The largest absolute Gasteiger partial charge is 0.338 e. The normalized spacial score (nSPS) is 21.9. The highest BCUT2D eigenvalue weighted by Gasteiger charge is 2.35. The lowest BCUT2D eigenvalue weighted by Crippen LogP contribution is -2.35. The third-order valence-electron chi connectivity index (χ3n) is 4.04. The van der Waals surface area contributed by atoms with Crippen molar-refractivity contribution in [1.82, 2.24) is 4.90 Å². The van der Waals surface area contributed by atoms with Gasteiger partial charge in [0.2, 0.25) is 10.0 Å². The minimum Gasteiger partial charge on any atom is -0.338 e. The molecule has 1 aliphatic rings. The smallest absolute Gasteiger partial charge is 0.256 e. The van der Waals surface area contributed by atoms with E-state index in [1.165, 1.54) is 0 Å².